The molecule has 94 valence electrons. The van der Waals surface area contributed by atoms with E-state index in [1.54, 1.807) is 21.3 Å². The van der Waals surface area contributed by atoms with Gasteiger partial charge in [0, 0.05) is 27.4 Å². The standard InChI is InChI=1S/C11H22O4Si/c1-12-16(13-2,14-3)7-6-9-4-5-10-11(8-9)15-10/h9-11H,4-8H2,1-3H3/t9-,10?,11?/m0/s1. The first-order valence-corrected chi connectivity index (χ1v) is 7.97. The Labute approximate surface area is 98.6 Å². The van der Waals surface area contributed by atoms with Crippen molar-refractivity contribution >= 4 is 8.80 Å². The summed E-state index contributed by atoms with van der Waals surface area (Å²) in [5.41, 5.74) is 0. The van der Waals surface area contributed by atoms with Gasteiger partial charge in [0.1, 0.15) is 0 Å². The molecule has 16 heavy (non-hydrogen) atoms. The average molecular weight is 246 g/mol. The summed E-state index contributed by atoms with van der Waals surface area (Å²) in [6.07, 6.45) is 6.01. The van der Waals surface area contributed by atoms with Gasteiger partial charge in [-0.1, -0.05) is 0 Å². The summed E-state index contributed by atoms with van der Waals surface area (Å²) < 4.78 is 21.8. The number of fused-ring (bicyclic) bond motifs is 1. The largest absolute Gasteiger partial charge is 0.500 e. The second kappa shape index (κ2) is 5.14. The molecule has 0 spiro atoms. The molecule has 2 unspecified atom stereocenters. The first-order chi connectivity index (χ1) is 7.73. The van der Waals surface area contributed by atoms with Crippen molar-refractivity contribution in [1.82, 2.24) is 0 Å². The van der Waals surface area contributed by atoms with E-state index >= 15 is 0 Å². The number of hydrogen-bond donors (Lipinski definition) is 0. The van der Waals surface area contributed by atoms with Gasteiger partial charge < -0.3 is 18.0 Å². The van der Waals surface area contributed by atoms with Gasteiger partial charge >= 0.3 is 8.80 Å². The fourth-order valence-electron chi connectivity index (χ4n) is 2.69. The van der Waals surface area contributed by atoms with E-state index in [0.29, 0.717) is 12.2 Å². The minimum atomic E-state index is -2.35. The number of rotatable bonds is 6. The van der Waals surface area contributed by atoms with Crippen LogP contribution in [0.5, 0.6) is 0 Å². The third-order valence-electron chi connectivity index (χ3n) is 3.90. The Balaban J connectivity index is 1.76. The summed E-state index contributed by atoms with van der Waals surface area (Å²) in [6, 6.07) is 0.915. The Morgan fingerprint density at radius 2 is 1.75 bits per heavy atom. The molecule has 0 aromatic rings. The zero-order chi connectivity index (χ0) is 11.6. The van der Waals surface area contributed by atoms with Crippen molar-refractivity contribution in [2.75, 3.05) is 21.3 Å². The third-order valence-corrected chi connectivity index (χ3v) is 6.67. The highest BCUT2D eigenvalue weighted by Crippen LogP contribution is 2.41. The lowest BCUT2D eigenvalue weighted by atomic mass is 9.88. The van der Waals surface area contributed by atoms with Crippen molar-refractivity contribution in [3.8, 4) is 0 Å². The predicted molar refractivity (Wildman–Crippen MR) is 62.2 cm³/mol. The van der Waals surface area contributed by atoms with Gasteiger partial charge in [0.05, 0.1) is 12.2 Å². The zero-order valence-electron chi connectivity index (χ0n) is 10.4. The van der Waals surface area contributed by atoms with Gasteiger partial charge in [-0.2, -0.15) is 0 Å². The second-order valence-corrected chi connectivity index (χ2v) is 7.82. The van der Waals surface area contributed by atoms with Crippen LogP contribution in [0.2, 0.25) is 6.04 Å². The van der Waals surface area contributed by atoms with Gasteiger partial charge in [-0.25, -0.2) is 0 Å². The molecule has 1 saturated carbocycles. The predicted octanol–water partition coefficient (Wildman–Crippen LogP) is 1.82. The highest BCUT2D eigenvalue weighted by atomic mass is 28.4. The Morgan fingerprint density at radius 3 is 2.31 bits per heavy atom. The van der Waals surface area contributed by atoms with E-state index in [4.69, 9.17) is 18.0 Å². The average Bonchev–Trinajstić information content (AvgIpc) is 3.10. The monoisotopic (exact) mass is 246 g/mol. The molecule has 0 N–H and O–H groups in total. The minimum Gasteiger partial charge on any atom is -0.377 e. The molecular weight excluding hydrogens is 224 g/mol. The molecule has 1 saturated heterocycles. The Bertz CT molecular complexity index is 224. The molecule has 0 radical (unpaired) electrons. The molecule has 0 aromatic heterocycles. The SMILES string of the molecule is CO[Si](CC[C@@H]1CCC2OC2C1)(OC)OC. The number of ether oxygens (including phenoxy) is 1. The number of epoxide rings is 1. The van der Waals surface area contributed by atoms with Crippen molar-refractivity contribution in [2.24, 2.45) is 5.92 Å². The van der Waals surface area contributed by atoms with Crippen LogP contribution in [0.15, 0.2) is 0 Å². The minimum absolute atomic E-state index is 0.558. The van der Waals surface area contributed by atoms with E-state index in [2.05, 4.69) is 0 Å². The van der Waals surface area contributed by atoms with Crippen molar-refractivity contribution in [3.63, 3.8) is 0 Å². The lowest BCUT2D eigenvalue weighted by molar-refractivity contribution is 0.120. The molecule has 1 heterocycles. The summed E-state index contributed by atoms with van der Waals surface area (Å²) in [7, 11) is 2.69. The molecule has 0 aromatic carbocycles. The first kappa shape index (κ1) is 12.5. The Kier molecular flexibility index (Phi) is 4.02. The van der Waals surface area contributed by atoms with Crippen LogP contribution < -0.4 is 0 Å². The van der Waals surface area contributed by atoms with E-state index < -0.39 is 8.80 Å². The molecule has 0 amide bonds. The van der Waals surface area contributed by atoms with E-state index in [9.17, 15) is 0 Å². The van der Waals surface area contributed by atoms with Crippen molar-refractivity contribution < 1.29 is 18.0 Å². The lowest BCUT2D eigenvalue weighted by Gasteiger charge is -2.27. The molecule has 2 rings (SSSR count). The summed E-state index contributed by atoms with van der Waals surface area (Å²) in [4.78, 5) is 0. The molecule has 2 fully saturated rings. The van der Waals surface area contributed by atoms with Crippen LogP contribution >= 0.6 is 0 Å². The van der Waals surface area contributed by atoms with E-state index in [0.717, 1.165) is 18.4 Å². The highest BCUT2D eigenvalue weighted by molar-refractivity contribution is 6.60. The van der Waals surface area contributed by atoms with Crippen LogP contribution in [0.25, 0.3) is 0 Å². The summed E-state index contributed by atoms with van der Waals surface area (Å²) >= 11 is 0. The highest BCUT2D eigenvalue weighted by Gasteiger charge is 2.45. The zero-order valence-corrected chi connectivity index (χ0v) is 11.4. The molecule has 0 bridgehead atoms. The van der Waals surface area contributed by atoms with E-state index in [1.807, 2.05) is 0 Å². The van der Waals surface area contributed by atoms with Gasteiger partial charge in [-0.15, -0.1) is 0 Å². The second-order valence-electron chi connectivity index (χ2n) is 4.73. The van der Waals surface area contributed by atoms with E-state index in [1.165, 1.54) is 19.3 Å². The summed E-state index contributed by atoms with van der Waals surface area (Å²) in [5, 5.41) is 0. The molecular formula is C11H22O4Si. The van der Waals surface area contributed by atoms with Gasteiger partial charge in [0.2, 0.25) is 0 Å². The van der Waals surface area contributed by atoms with E-state index in [-0.39, 0.29) is 0 Å². The maximum atomic E-state index is 5.54. The number of hydrogen-bond acceptors (Lipinski definition) is 4. The molecule has 3 atom stereocenters. The van der Waals surface area contributed by atoms with Crippen LogP contribution in [0.1, 0.15) is 25.7 Å². The van der Waals surface area contributed by atoms with Crippen molar-refractivity contribution in [3.05, 3.63) is 0 Å². The normalized spacial score (nSPS) is 33.6. The Hall–Kier alpha value is 0.0569. The quantitative estimate of drug-likeness (QED) is 0.529. The Morgan fingerprint density at radius 1 is 1.06 bits per heavy atom. The van der Waals surface area contributed by atoms with Crippen LogP contribution in [0.4, 0.5) is 0 Å². The van der Waals surface area contributed by atoms with Crippen LogP contribution in [0, 0.1) is 5.92 Å². The third kappa shape index (κ3) is 2.65. The van der Waals surface area contributed by atoms with Crippen LogP contribution in [0.3, 0.4) is 0 Å². The van der Waals surface area contributed by atoms with Gasteiger partial charge in [0.15, 0.2) is 0 Å². The fraction of sp³-hybridized carbons (Fsp3) is 1.00. The van der Waals surface area contributed by atoms with Crippen LogP contribution in [-0.2, 0) is 18.0 Å². The van der Waals surface area contributed by atoms with Gasteiger partial charge in [-0.3, -0.25) is 0 Å². The van der Waals surface area contributed by atoms with Gasteiger partial charge in [0.25, 0.3) is 0 Å². The van der Waals surface area contributed by atoms with Crippen LogP contribution in [-0.4, -0.2) is 42.3 Å². The molecule has 1 aliphatic heterocycles. The fourth-order valence-corrected chi connectivity index (χ4v) is 4.56. The molecule has 2 aliphatic rings. The summed E-state index contributed by atoms with van der Waals surface area (Å²) in [5.74, 6) is 0.760. The maximum absolute atomic E-state index is 5.54. The topological polar surface area (TPSA) is 40.2 Å². The molecule has 1 aliphatic carbocycles. The van der Waals surface area contributed by atoms with Crippen molar-refractivity contribution in [2.45, 2.75) is 43.9 Å². The van der Waals surface area contributed by atoms with Crippen molar-refractivity contribution in [1.29, 1.82) is 0 Å². The first-order valence-electron chi connectivity index (χ1n) is 6.04. The molecule has 4 nitrogen and oxygen atoms in total. The molecule has 5 heteroatoms. The van der Waals surface area contributed by atoms with Gasteiger partial charge in [-0.05, 0) is 31.6 Å². The maximum Gasteiger partial charge on any atom is 0.500 e. The lowest BCUT2D eigenvalue weighted by Crippen LogP contribution is -2.43. The smallest absolute Gasteiger partial charge is 0.377 e. The summed E-state index contributed by atoms with van der Waals surface area (Å²) in [6.45, 7) is 0.